The van der Waals surface area contributed by atoms with E-state index in [0.717, 1.165) is 121 Å². The predicted molar refractivity (Wildman–Crippen MR) is 295 cm³/mol. The standard InChI is InChI=1S/C31H39N5O.C28H32N4O2/c1-23(2)35-18-20-36(21-19-35)28-16-12-26(13-17-28)30(25-10-14-27(15-11-25)34-31(32)33)29(9-6-22-37)24-7-4-3-5-8-24;29-28(30)32-18-16-31(17-19-32)24-12-8-22(9-13-24)27(23-10-14-25(34)15-11-23)26(7-4-20-33)21-5-2-1-3-6-21/h3-5,7-8,10-17,23,37H,6,9,18-22H2,1-2H3,(H4,32,33,34);1-3,5-6,8-15,33-34H,4,7,16-20H2,(H3,29,30)/b30-29-;27-26+. The van der Waals surface area contributed by atoms with Gasteiger partial charge in [0.2, 0.25) is 0 Å². The number of nitrogens with zero attached hydrogens (tertiary/aromatic N) is 5. The van der Waals surface area contributed by atoms with E-state index in [1.165, 1.54) is 16.8 Å². The van der Waals surface area contributed by atoms with Crippen molar-refractivity contribution in [1.82, 2.24) is 9.80 Å². The van der Waals surface area contributed by atoms with Crippen LogP contribution in [0.2, 0.25) is 0 Å². The third kappa shape index (κ3) is 13.9. The van der Waals surface area contributed by atoms with Gasteiger partial charge in [-0.05, 0) is 144 Å². The highest BCUT2D eigenvalue weighted by Gasteiger charge is 2.22. The first-order chi connectivity index (χ1) is 34.5. The number of aliphatic hydroxyl groups is 2. The van der Waals surface area contributed by atoms with Crippen LogP contribution >= 0.6 is 0 Å². The number of rotatable bonds is 16. The largest absolute Gasteiger partial charge is 0.508 e. The SMILES string of the molecule is CC(C)N1CCN(c2ccc(/C(=C(/CCCO)c3ccccc3)c3ccc(N=C(N)N)cc3)cc2)CC1.N=C(N)N1CCN(c2ccc(/C(=C(/CCCO)c3ccccc3)c3ccc(O)cc3)cc2)CC1. The van der Waals surface area contributed by atoms with Crippen LogP contribution < -0.4 is 27.0 Å². The van der Waals surface area contributed by atoms with Gasteiger partial charge in [-0.2, -0.15) is 0 Å². The molecule has 2 saturated heterocycles. The summed E-state index contributed by atoms with van der Waals surface area (Å²) in [7, 11) is 0. The van der Waals surface area contributed by atoms with E-state index < -0.39 is 0 Å². The lowest BCUT2D eigenvalue weighted by Crippen LogP contribution is -2.50. The first kappa shape index (κ1) is 51.5. The van der Waals surface area contributed by atoms with Crippen molar-refractivity contribution in [2.45, 2.75) is 45.6 Å². The Morgan fingerprint density at radius 3 is 1.25 bits per heavy atom. The summed E-state index contributed by atoms with van der Waals surface area (Å²) in [6.07, 6.45) is 2.87. The number of aliphatic hydroxyl groups excluding tert-OH is 2. The number of piperazine rings is 2. The number of hydrogen-bond donors (Lipinski definition) is 7. The maximum Gasteiger partial charge on any atom is 0.191 e. The number of anilines is 2. The second kappa shape index (κ2) is 25.5. The molecule has 8 rings (SSSR count). The molecule has 0 atom stereocenters. The van der Waals surface area contributed by atoms with Gasteiger partial charge in [0.1, 0.15) is 5.75 Å². The number of benzene rings is 6. The lowest BCUT2D eigenvalue weighted by molar-refractivity contribution is 0.209. The molecule has 0 aromatic heterocycles. The van der Waals surface area contributed by atoms with Crippen LogP contribution in [0.5, 0.6) is 5.75 Å². The van der Waals surface area contributed by atoms with Gasteiger partial charge in [-0.15, -0.1) is 0 Å². The van der Waals surface area contributed by atoms with Gasteiger partial charge >= 0.3 is 0 Å². The van der Waals surface area contributed by atoms with E-state index in [1.807, 2.05) is 53.4 Å². The Hall–Kier alpha value is -7.38. The fourth-order valence-electron chi connectivity index (χ4n) is 9.51. The molecular weight excluding hydrogens is 883 g/mol. The summed E-state index contributed by atoms with van der Waals surface area (Å²) in [6.45, 7) is 12.2. The number of aliphatic imine (C=N–C) groups is 1. The summed E-state index contributed by atoms with van der Waals surface area (Å²) >= 11 is 0. The molecule has 2 heterocycles. The molecule has 12 heteroatoms. The number of nitrogens with two attached hydrogens (primary N) is 3. The minimum atomic E-state index is 0.0428. The topological polar surface area (TPSA) is 188 Å². The van der Waals surface area contributed by atoms with Crippen molar-refractivity contribution in [3.05, 3.63) is 191 Å². The van der Waals surface area contributed by atoms with Gasteiger partial charge in [0, 0.05) is 83.0 Å². The lowest BCUT2D eigenvalue weighted by atomic mass is 9.87. The molecule has 0 saturated carbocycles. The van der Waals surface area contributed by atoms with Crippen LogP contribution in [0.4, 0.5) is 17.1 Å². The Morgan fingerprint density at radius 2 is 0.887 bits per heavy atom. The second-order valence-electron chi connectivity index (χ2n) is 18.3. The van der Waals surface area contributed by atoms with Crippen LogP contribution in [0.1, 0.15) is 72.9 Å². The Balaban J connectivity index is 0.000000209. The minimum Gasteiger partial charge on any atom is -0.508 e. The molecule has 0 aliphatic carbocycles. The Bertz CT molecular complexity index is 2690. The number of hydrogen-bond acceptors (Lipinski definition) is 8. The molecule has 2 fully saturated rings. The minimum absolute atomic E-state index is 0.0428. The first-order valence-electron chi connectivity index (χ1n) is 24.8. The number of aromatic hydroxyl groups is 1. The molecule has 6 aromatic carbocycles. The highest BCUT2D eigenvalue weighted by molar-refractivity contribution is 6.00. The van der Waals surface area contributed by atoms with Crippen molar-refractivity contribution in [3.8, 4) is 5.75 Å². The van der Waals surface area contributed by atoms with Gasteiger partial charge < -0.3 is 47.2 Å². The quantitative estimate of drug-likeness (QED) is 0.0280. The average molecular weight is 954 g/mol. The van der Waals surface area contributed by atoms with Crippen LogP contribution in [0.3, 0.4) is 0 Å². The number of nitrogens with one attached hydrogen (secondary N) is 1. The normalized spacial score (nSPS) is 14.8. The zero-order valence-corrected chi connectivity index (χ0v) is 41.3. The Labute approximate surface area is 420 Å². The van der Waals surface area contributed by atoms with Gasteiger partial charge in [-0.3, -0.25) is 10.3 Å². The van der Waals surface area contributed by atoms with Crippen molar-refractivity contribution in [2.75, 3.05) is 75.4 Å². The number of allylic oxidation sites excluding steroid dienone is 2. The van der Waals surface area contributed by atoms with Crippen LogP contribution in [0.25, 0.3) is 22.3 Å². The van der Waals surface area contributed by atoms with Crippen LogP contribution in [-0.4, -0.2) is 109 Å². The van der Waals surface area contributed by atoms with Gasteiger partial charge in [0.25, 0.3) is 0 Å². The van der Waals surface area contributed by atoms with Gasteiger partial charge in [-0.1, -0.05) is 109 Å². The molecule has 2 aliphatic heterocycles. The monoisotopic (exact) mass is 954 g/mol. The third-order valence-electron chi connectivity index (χ3n) is 13.3. The Morgan fingerprint density at radius 1 is 0.507 bits per heavy atom. The highest BCUT2D eigenvalue weighted by Crippen LogP contribution is 2.38. The number of phenolic OH excluding ortho intramolecular Hbond substituents is 1. The maximum absolute atomic E-state index is 9.86. The molecule has 71 heavy (non-hydrogen) atoms. The molecular formula is C59H71N9O3. The fourth-order valence-corrected chi connectivity index (χ4v) is 9.51. The van der Waals surface area contributed by atoms with Crippen LogP contribution in [0, 0.1) is 5.41 Å². The van der Waals surface area contributed by atoms with E-state index >= 15 is 0 Å². The molecule has 12 nitrogen and oxygen atoms in total. The number of guanidine groups is 2. The zero-order chi connectivity index (χ0) is 50.1. The molecule has 0 unspecified atom stereocenters. The van der Waals surface area contributed by atoms with Crippen molar-refractivity contribution in [3.63, 3.8) is 0 Å². The lowest BCUT2D eigenvalue weighted by Gasteiger charge is -2.38. The van der Waals surface area contributed by atoms with E-state index in [0.29, 0.717) is 18.9 Å². The zero-order valence-electron chi connectivity index (χ0n) is 41.3. The van der Waals surface area contributed by atoms with E-state index in [9.17, 15) is 15.3 Å². The van der Waals surface area contributed by atoms with Gasteiger partial charge in [0.05, 0.1) is 5.69 Å². The molecule has 10 N–H and O–H groups in total. The average Bonchev–Trinajstić information content (AvgIpc) is 3.40. The van der Waals surface area contributed by atoms with E-state index in [4.69, 9.17) is 22.6 Å². The summed E-state index contributed by atoms with van der Waals surface area (Å²) in [5, 5.41) is 36.7. The summed E-state index contributed by atoms with van der Waals surface area (Å²) in [4.78, 5) is 13.4. The predicted octanol–water partition coefficient (Wildman–Crippen LogP) is 8.99. The first-order valence-corrected chi connectivity index (χ1v) is 24.8. The summed E-state index contributed by atoms with van der Waals surface area (Å²) < 4.78 is 0. The van der Waals surface area contributed by atoms with Crippen molar-refractivity contribution in [1.29, 1.82) is 5.41 Å². The maximum atomic E-state index is 9.86. The molecule has 0 radical (unpaired) electrons. The van der Waals surface area contributed by atoms with Crippen LogP contribution in [0.15, 0.2) is 163 Å². The molecule has 6 aromatic rings. The second-order valence-corrected chi connectivity index (χ2v) is 18.3. The summed E-state index contributed by atoms with van der Waals surface area (Å²) in [5.41, 5.74) is 31.2. The van der Waals surface area contributed by atoms with Crippen molar-refractivity contribution < 1.29 is 15.3 Å². The molecule has 2 aliphatic rings. The van der Waals surface area contributed by atoms with Crippen molar-refractivity contribution >= 4 is 51.3 Å². The molecule has 0 amide bonds. The smallest absolute Gasteiger partial charge is 0.191 e. The highest BCUT2D eigenvalue weighted by atomic mass is 16.3. The van der Waals surface area contributed by atoms with Gasteiger partial charge in [0.15, 0.2) is 11.9 Å². The summed E-state index contributed by atoms with van der Waals surface area (Å²) in [5.74, 6) is 0.413. The molecule has 0 spiro atoms. The number of phenols is 1. The molecule has 0 bridgehead atoms. The Kier molecular flexibility index (Phi) is 18.5. The summed E-state index contributed by atoms with van der Waals surface area (Å²) in [6, 6.07) is 54.2. The fraction of sp³-hybridized carbons (Fsp3) is 0.288. The van der Waals surface area contributed by atoms with Crippen LogP contribution in [-0.2, 0) is 0 Å². The van der Waals surface area contributed by atoms with Gasteiger partial charge in [-0.25, -0.2) is 4.99 Å². The molecule has 370 valence electrons. The van der Waals surface area contributed by atoms with E-state index in [-0.39, 0.29) is 30.9 Å². The van der Waals surface area contributed by atoms with E-state index in [1.54, 1.807) is 12.1 Å². The van der Waals surface area contributed by atoms with E-state index in [2.05, 4.69) is 131 Å². The van der Waals surface area contributed by atoms with Crippen molar-refractivity contribution in [2.24, 2.45) is 22.2 Å². The third-order valence-corrected chi connectivity index (χ3v) is 13.3.